The third-order valence-electron chi connectivity index (χ3n) is 3.28. The summed E-state index contributed by atoms with van der Waals surface area (Å²) in [7, 11) is 0. The summed E-state index contributed by atoms with van der Waals surface area (Å²) in [5.74, 6) is 1.09. The third-order valence-corrected chi connectivity index (χ3v) is 3.28. The Morgan fingerprint density at radius 1 is 1.48 bits per heavy atom. The summed E-state index contributed by atoms with van der Waals surface area (Å²) < 4.78 is 5.24. The van der Waals surface area contributed by atoms with E-state index in [4.69, 9.17) is 15.9 Å². The Balaban J connectivity index is 2.06. The lowest BCUT2D eigenvalue weighted by Crippen LogP contribution is -2.40. The minimum atomic E-state index is -0.355. The monoisotopic (exact) mass is 318 g/mol. The van der Waals surface area contributed by atoms with Gasteiger partial charge < -0.3 is 20.7 Å². The Hall–Kier alpha value is -2.32. The van der Waals surface area contributed by atoms with Gasteiger partial charge in [0.1, 0.15) is 17.5 Å². The van der Waals surface area contributed by atoms with Crippen molar-refractivity contribution in [2.24, 2.45) is 10.7 Å². The van der Waals surface area contributed by atoms with E-state index in [1.165, 1.54) is 6.20 Å². The number of morpholine rings is 1. The molecule has 1 aromatic rings. The highest BCUT2D eigenvalue weighted by Crippen LogP contribution is 2.10. The van der Waals surface area contributed by atoms with E-state index in [-0.39, 0.29) is 17.8 Å². The molecule has 1 aliphatic rings. The molecule has 1 aliphatic heterocycles. The number of carbonyl (C=O) groups excluding carboxylic acids is 1. The molecule has 1 amide bonds. The van der Waals surface area contributed by atoms with Crippen molar-refractivity contribution in [2.45, 2.75) is 19.9 Å². The number of nitrogens with two attached hydrogens (primary N) is 1. The lowest BCUT2D eigenvalue weighted by molar-refractivity contribution is 0.0302. The fourth-order valence-electron chi connectivity index (χ4n) is 2.10. The van der Waals surface area contributed by atoms with Gasteiger partial charge in [0.25, 0.3) is 5.91 Å². The number of nitrogens with zero attached hydrogens (tertiary/aromatic N) is 3. The van der Waals surface area contributed by atoms with Crippen molar-refractivity contribution >= 4 is 23.4 Å². The van der Waals surface area contributed by atoms with E-state index < -0.39 is 0 Å². The van der Waals surface area contributed by atoms with E-state index in [2.05, 4.69) is 15.3 Å². The molecule has 1 aromatic heterocycles. The molecular weight excluding hydrogens is 296 g/mol. The molecule has 2 rings (SSSR count). The second kappa shape index (κ2) is 7.80. The number of rotatable bonds is 3. The summed E-state index contributed by atoms with van der Waals surface area (Å²) >= 11 is 0. The van der Waals surface area contributed by atoms with Crippen LogP contribution in [0.15, 0.2) is 23.3 Å². The van der Waals surface area contributed by atoms with Gasteiger partial charge in [-0.3, -0.25) is 10.2 Å². The Kier molecular flexibility index (Phi) is 5.78. The number of amides is 1. The summed E-state index contributed by atoms with van der Waals surface area (Å²) in [5, 5.41) is 10.4. The van der Waals surface area contributed by atoms with Gasteiger partial charge in [0, 0.05) is 19.3 Å². The molecular formula is C15H22N6O2. The van der Waals surface area contributed by atoms with Crippen LogP contribution in [-0.4, -0.2) is 59.8 Å². The van der Waals surface area contributed by atoms with Gasteiger partial charge >= 0.3 is 0 Å². The fraction of sp³-hybridized carbons (Fsp3) is 0.467. The lowest BCUT2D eigenvalue weighted by Gasteiger charge is -2.26. The highest BCUT2D eigenvalue weighted by atomic mass is 16.5. The molecule has 1 unspecified atom stereocenters. The number of aliphatic imine (C=N–C) groups is 1. The summed E-state index contributed by atoms with van der Waals surface area (Å²) in [4.78, 5) is 22.3. The molecule has 0 aliphatic carbocycles. The molecule has 0 spiro atoms. The first-order valence-electron chi connectivity index (χ1n) is 7.47. The number of aromatic nitrogens is 1. The van der Waals surface area contributed by atoms with E-state index in [0.29, 0.717) is 43.5 Å². The third kappa shape index (κ3) is 4.83. The first-order chi connectivity index (χ1) is 11.0. The van der Waals surface area contributed by atoms with E-state index in [1.807, 2.05) is 0 Å². The van der Waals surface area contributed by atoms with Gasteiger partial charge in [0.15, 0.2) is 0 Å². The minimum Gasteiger partial charge on any atom is -0.378 e. The van der Waals surface area contributed by atoms with Crippen molar-refractivity contribution < 1.29 is 9.53 Å². The molecule has 124 valence electrons. The molecule has 1 fully saturated rings. The largest absolute Gasteiger partial charge is 0.378 e. The molecule has 0 bridgehead atoms. The zero-order chi connectivity index (χ0) is 16.8. The van der Waals surface area contributed by atoms with Gasteiger partial charge in [-0.15, -0.1) is 0 Å². The maximum atomic E-state index is 12.3. The van der Waals surface area contributed by atoms with Crippen LogP contribution in [0.3, 0.4) is 0 Å². The van der Waals surface area contributed by atoms with Crippen molar-refractivity contribution in [1.82, 2.24) is 9.88 Å². The quantitative estimate of drug-likeness (QED) is 0.560. The minimum absolute atomic E-state index is 0.0521. The number of carbonyl (C=O) groups is 1. The smallest absolute Gasteiger partial charge is 0.255 e. The van der Waals surface area contributed by atoms with Crippen molar-refractivity contribution in [3.8, 4) is 0 Å². The average Bonchev–Trinajstić information content (AvgIpc) is 2.54. The summed E-state index contributed by atoms with van der Waals surface area (Å²) in [5.41, 5.74) is 6.35. The first kappa shape index (κ1) is 17.0. The normalized spacial score (nSPS) is 16.8. The van der Waals surface area contributed by atoms with Crippen molar-refractivity contribution in [3.63, 3.8) is 0 Å². The molecule has 2 heterocycles. The number of anilines is 1. The van der Waals surface area contributed by atoms with E-state index in [9.17, 15) is 4.79 Å². The molecule has 1 saturated heterocycles. The van der Waals surface area contributed by atoms with Crippen LogP contribution in [0.1, 0.15) is 24.2 Å². The van der Waals surface area contributed by atoms with Gasteiger partial charge in [0.05, 0.1) is 24.8 Å². The Morgan fingerprint density at radius 3 is 2.70 bits per heavy atom. The maximum absolute atomic E-state index is 12.3. The predicted molar refractivity (Wildman–Crippen MR) is 89.1 cm³/mol. The molecule has 0 saturated carbocycles. The molecule has 0 radical (unpaired) electrons. The first-order valence-corrected chi connectivity index (χ1v) is 7.47. The molecule has 1 atom stereocenters. The molecule has 4 N–H and O–H groups in total. The summed E-state index contributed by atoms with van der Waals surface area (Å²) in [6, 6.07) is 3.06. The van der Waals surface area contributed by atoms with Gasteiger partial charge in [-0.25, -0.2) is 9.98 Å². The van der Waals surface area contributed by atoms with E-state index >= 15 is 0 Å². The van der Waals surface area contributed by atoms with E-state index in [0.717, 1.165) is 0 Å². The number of hydrogen-bond acceptors (Lipinski definition) is 5. The number of ether oxygens (including phenoxy) is 1. The van der Waals surface area contributed by atoms with Crippen LogP contribution < -0.4 is 11.1 Å². The van der Waals surface area contributed by atoms with Crippen molar-refractivity contribution in [3.05, 3.63) is 23.9 Å². The fourth-order valence-corrected chi connectivity index (χ4v) is 2.10. The van der Waals surface area contributed by atoms with Crippen molar-refractivity contribution in [1.29, 1.82) is 5.41 Å². The van der Waals surface area contributed by atoms with Crippen LogP contribution in [0.25, 0.3) is 0 Å². The molecule has 0 aromatic carbocycles. The molecule has 23 heavy (non-hydrogen) atoms. The number of nitrogens with one attached hydrogen (secondary N) is 2. The highest BCUT2D eigenvalue weighted by Gasteiger charge is 2.18. The SMILES string of the molecule is CC(=N)/N=C(\Nc1ccc(C(=O)N2CCOCC2)cn1)C(C)N. The van der Waals surface area contributed by atoms with Gasteiger partial charge in [-0.1, -0.05) is 0 Å². The average molecular weight is 318 g/mol. The number of pyridine rings is 1. The van der Waals surface area contributed by atoms with E-state index in [1.54, 1.807) is 30.9 Å². The van der Waals surface area contributed by atoms with Crippen LogP contribution in [0, 0.1) is 5.41 Å². The molecule has 8 heteroatoms. The van der Waals surface area contributed by atoms with Crippen LogP contribution in [0.2, 0.25) is 0 Å². The zero-order valence-electron chi connectivity index (χ0n) is 13.4. The standard InChI is InChI=1S/C15H22N6O2/c1-10(16)14(19-11(2)17)20-13-4-3-12(9-18-13)15(22)21-5-7-23-8-6-21/h3-4,9-10H,5-8,16H2,1-2H3,(H2,17,18,19,20). The summed E-state index contributed by atoms with van der Waals surface area (Å²) in [6.07, 6.45) is 1.52. The Labute approximate surface area is 135 Å². The maximum Gasteiger partial charge on any atom is 0.255 e. The topological polar surface area (TPSA) is 117 Å². The van der Waals surface area contributed by atoms with Gasteiger partial charge in [0.2, 0.25) is 0 Å². The second-order valence-electron chi connectivity index (χ2n) is 5.33. The molecule has 8 nitrogen and oxygen atoms in total. The summed E-state index contributed by atoms with van der Waals surface area (Å²) in [6.45, 7) is 5.66. The van der Waals surface area contributed by atoms with Crippen LogP contribution >= 0.6 is 0 Å². The Bertz CT molecular complexity index is 590. The van der Waals surface area contributed by atoms with Gasteiger partial charge in [-0.2, -0.15) is 0 Å². The van der Waals surface area contributed by atoms with Crippen molar-refractivity contribution in [2.75, 3.05) is 31.6 Å². The Morgan fingerprint density at radius 2 is 2.17 bits per heavy atom. The zero-order valence-corrected chi connectivity index (χ0v) is 13.4. The highest BCUT2D eigenvalue weighted by molar-refractivity contribution is 6.04. The van der Waals surface area contributed by atoms with Gasteiger partial charge in [-0.05, 0) is 26.0 Å². The predicted octanol–water partition coefficient (Wildman–Crippen LogP) is 0.709. The lowest BCUT2D eigenvalue weighted by atomic mass is 10.2. The van der Waals surface area contributed by atoms with Crippen LogP contribution in [0.5, 0.6) is 0 Å². The van der Waals surface area contributed by atoms with Crippen LogP contribution in [0.4, 0.5) is 5.82 Å². The number of amidine groups is 2. The second-order valence-corrected chi connectivity index (χ2v) is 5.33. The number of hydrogen-bond donors (Lipinski definition) is 3. The van der Waals surface area contributed by atoms with Crippen LogP contribution in [-0.2, 0) is 4.74 Å².